The number of fused-ring (bicyclic) bond motifs is 5. The molecule has 1 saturated heterocycles. The molecule has 0 amide bonds. The lowest BCUT2D eigenvalue weighted by Gasteiger charge is -2.61. The molecular weight excluding hydrogens is 588 g/mol. The summed E-state index contributed by atoms with van der Waals surface area (Å²) >= 11 is 0. The molecule has 4 aliphatic carbocycles. The summed E-state index contributed by atoms with van der Waals surface area (Å²) in [5.74, 6) is -1.49. The monoisotopic (exact) mass is 642 g/mol. The van der Waals surface area contributed by atoms with Crippen LogP contribution in [0.4, 0.5) is 0 Å². The van der Waals surface area contributed by atoms with Crippen LogP contribution in [0.2, 0.25) is 0 Å². The second-order valence-corrected chi connectivity index (χ2v) is 16.0. The summed E-state index contributed by atoms with van der Waals surface area (Å²) in [6.45, 7) is 8.15. The topological polar surface area (TPSA) is 218 Å². The second kappa shape index (κ2) is 11.8. The van der Waals surface area contributed by atoms with Gasteiger partial charge in [-0.05, 0) is 101 Å². The predicted molar refractivity (Wildman–Crippen MR) is 159 cm³/mol. The highest BCUT2D eigenvalue weighted by molar-refractivity contribution is 5.95. The quantitative estimate of drug-likeness (QED) is 0.166. The van der Waals surface area contributed by atoms with Crippen molar-refractivity contribution in [2.24, 2.45) is 28.6 Å². The van der Waals surface area contributed by atoms with Crippen LogP contribution in [0.3, 0.4) is 0 Å². The normalized spacial score (nSPS) is 48.9. The van der Waals surface area contributed by atoms with Crippen LogP contribution in [-0.4, -0.2) is 124 Å². The average Bonchev–Trinajstić information content (AvgIpc) is 3.24. The fraction of sp³-hybridized carbons (Fsp3) is 0.909. The SMILES string of the molecule is CC(C)(O)CCC(O)[C@](C)(O)[C@H]1CC[C@@]2(O)C3=CC(=O)[C@@H]4C[C@@H](O)[C@@H](O[C@@H]5O[C@H](CO)[C@@H](O)[C@H](O)[C@H]5O)C[C@]4(C)[C@H]3CC[C@]12C. The number of carbonyl (C=O) groups is 1. The van der Waals surface area contributed by atoms with E-state index in [0.717, 1.165) is 0 Å². The lowest BCUT2D eigenvalue weighted by Crippen LogP contribution is -2.64. The van der Waals surface area contributed by atoms with Crippen LogP contribution in [0.5, 0.6) is 0 Å². The number of aliphatic hydroxyl groups excluding tert-OH is 6. The zero-order valence-corrected chi connectivity index (χ0v) is 27.0. The van der Waals surface area contributed by atoms with Gasteiger partial charge in [-0.3, -0.25) is 4.79 Å². The van der Waals surface area contributed by atoms with Crippen LogP contribution in [0, 0.1) is 28.6 Å². The van der Waals surface area contributed by atoms with Crippen molar-refractivity contribution in [3.8, 4) is 0 Å². The van der Waals surface area contributed by atoms with Crippen molar-refractivity contribution in [1.29, 1.82) is 0 Å². The van der Waals surface area contributed by atoms with Crippen molar-refractivity contribution in [3.05, 3.63) is 11.6 Å². The molecule has 0 spiro atoms. The van der Waals surface area contributed by atoms with Gasteiger partial charge in [0.05, 0.1) is 41.7 Å². The molecule has 45 heavy (non-hydrogen) atoms. The van der Waals surface area contributed by atoms with E-state index in [2.05, 4.69) is 0 Å². The maximum atomic E-state index is 13.7. The Labute approximate surface area is 264 Å². The van der Waals surface area contributed by atoms with E-state index in [1.165, 1.54) is 0 Å². The lowest BCUT2D eigenvalue weighted by atomic mass is 9.45. The Morgan fingerprint density at radius 2 is 1.69 bits per heavy atom. The predicted octanol–water partition coefficient (Wildman–Crippen LogP) is -0.322. The van der Waals surface area contributed by atoms with Crippen LogP contribution in [0.15, 0.2) is 11.6 Å². The van der Waals surface area contributed by atoms with Crippen molar-refractivity contribution in [3.63, 3.8) is 0 Å². The van der Waals surface area contributed by atoms with E-state index in [1.54, 1.807) is 26.8 Å². The van der Waals surface area contributed by atoms with Gasteiger partial charge in [0.1, 0.15) is 24.4 Å². The molecule has 12 nitrogen and oxygen atoms in total. The van der Waals surface area contributed by atoms with Crippen LogP contribution in [0.1, 0.15) is 86.0 Å². The first kappa shape index (κ1) is 35.3. The number of rotatable bonds is 8. The molecule has 3 saturated carbocycles. The van der Waals surface area contributed by atoms with E-state index >= 15 is 0 Å². The molecule has 0 aromatic heterocycles. The Bertz CT molecular complexity index is 1150. The summed E-state index contributed by atoms with van der Waals surface area (Å²) in [7, 11) is 0. The van der Waals surface area contributed by atoms with Gasteiger partial charge in [-0.25, -0.2) is 0 Å². The van der Waals surface area contributed by atoms with E-state index in [-0.39, 0.29) is 37.4 Å². The highest BCUT2D eigenvalue weighted by Gasteiger charge is 2.69. The molecule has 4 fully saturated rings. The van der Waals surface area contributed by atoms with E-state index < -0.39 is 95.1 Å². The molecule has 1 unspecified atom stereocenters. The maximum Gasteiger partial charge on any atom is 0.187 e. The van der Waals surface area contributed by atoms with Gasteiger partial charge in [0.15, 0.2) is 12.1 Å². The summed E-state index contributed by atoms with van der Waals surface area (Å²) in [5.41, 5.74) is -4.98. The molecule has 15 atom stereocenters. The van der Waals surface area contributed by atoms with Gasteiger partial charge < -0.3 is 55.4 Å². The summed E-state index contributed by atoms with van der Waals surface area (Å²) in [6, 6.07) is 0. The Morgan fingerprint density at radius 1 is 1.02 bits per heavy atom. The number of carbonyl (C=O) groups excluding carboxylic acids is 1. The van der Waals surface area contributed by atoms with Crippen LogP contribution >= 0.6 is 0 Å². The fourth-order valence-corrected chi connectivity index (χ4v) is 9.79. The van der Waals surface area contributed by atoms with Crippen molar-refractivity contribution in [2.45, 2.75) is 152 Å². The smallest absolute Gasteiger partial charge is 0.187 e. The van der Waals surface area contributed by atoms with Crippen molar-refractivity contribution < 1.29 is 60.2 Å². The minimum absolute atomic E-state index is 0.0815. The Balaban J connectivity index is 1.40. The van der Waals surface area contributed by atoms with Gasteiger partial charge in [0.2, 0.25) is 0 Å². The summed E-state index contributed by atoms with van der Waals surface area (Å²) in [6.07, 6.45) is -6.46. The first-order chi connectivity index (χ1) is 20.7. The van der Waals surface area contributed by atoms with Crippen molar-refractivity contribution >= 4 is 5.78 Å². The molecule has 9 N–H and O–H groups in total. The summed E-state index contributed by atoms with van der Waals surface area (Å²) < 4.78 is 11.6. The minimum Gasteiger partial charge on any atom is -0.394 e. The highest BCUT2D eigenvalue weighted by Crippen LogP contribution is 2.68. The number of ketones is 1. The van der Waals surface area contributed by atoms with Crippen molar-refractivity contribution in [2.75, 3.05) is 6.61 Å². The highest BCUT2D eigenvalue weighted by atomic mass is 16.7. The Kier molecular flexibility index (Phi) is 9.28. The van der Waals surface area contributed by atoms with Crippen molar-refractivity contribution in [1.82, 2.24) is 0 Å². The van der Waals surface area contributed by atoms with E-state index in [4.69, 9.17) is 9.47 Å². The number of hydrogen-bond acceptors (Lipinski definition) is 12. The Morgan fingerprint density at radius 3 is 2.31 bits per heavy atom. The third-order valence-corrected chi connectivity index (χ3v) is 12.7. The van der Waals surface area contributed by atoms with Crippen LogP contribution in [-0.2, 0) is 14.3 Å². The molecule has 1 aliphatic heterocycles. The molecule has 0 aromatic rings. The zero-order chi connectivity index (χ0) is 33.5. The third-order valence-electron chi connectivity index (χ3n) is 12.7. The molecule has 5 rings (SSSR count). The first-order valence-electron chi connectivity index (χ1n) is 16.5. The largest absolute Gasteiger partial charge is 0.394 e. The summed E-state index contributed by atoms with van der Waals surface area (Å²) in [4.78, 5) is 13.7. The van der Waals surface area contributed by atoms with E-state index in [9.17, 15) is 50.8 Å². The third kappa shape index (κ3) is 5.65. The minimum atomic E-state index is -1.64. The molecule has 0 radical (unpaired) electrons. The van der Waals surface area contributed by atoms with Crippen LogP contribution in [0.25, 0.3) is 0 Å². The average molecular weight is 643 g/mol. The maximum absolute atomic E-state index is 13.7. The van der Waals surface area contributed by atoms with Gasteiger partial charge >= 0.3 is 0 Å². The number of hydrogen-bond donors (Lipinski definition) is 9. The molecule has 5 aliphatic rings. The molecule has 0 bridgehead atoms. The van der Waals surface area contributed by atoms with Gasteiger partial charge in [-0.2, -0.15) is 0 Å². The molecular formula is C33H54O12. The second-order valence-electron chi connectivity index (χ2n) is 16.0. The van der Waals surface area contributed by atoms with Gasteiger partial charge in [-0.15, -0.1) is 0 Å². The van der Waals surface area contributed by atoms with Gasteiger partial charge in [0.25, 0.3) is 0 Å². The lowest BCUT2D eigenvalue weighted by molar-refractivity contribution is -0.323. The summed E-state index contributed by atoms with van der Waals surface area (Å²) in [5, 5.41) is 97.2. The zero-order valence-electron chi connectivity index (χ0n) is 27.0. The number of allylic oxidation sites excluding steroid dienone is 1. The molecule has 0 aromatic carbocycles. The number of aliphatic hydroxyl groups is 9. The molecule has 12 heteroatoms. The first-order valence-corrected chi connectivity index (χ1v) is 16.5. The molecule has 258 valence electrons. The van der Waals surface area contributed by atoms with Crippen LogP contribution < -0.4 is 0 Å². The number of ether oxygens (including phenoxy) is 2. The Hall–Kier alpha value is -1.03. The van der Waals surface area contributed by atoms with E-state index in [0.29, 0.717) is 31.3 Å². The van der Waals surface area contributed by atoms with E-state index in [1.807, 2.05) is 13.8 Å². The molecule has 1 heterocycles. The fourth-order valence-electron chi connectivity index (χ4n) is 9.79. The standard InChI is InChI=1S/C33H54O12/c1-29(2,41)9-8-24(37)32(5,42)23-7-11-33(43)17-12-19(35)18-13-20(36)21(14-30(18,3)16(17)6-10-31(23,33)4)44-28-27(40)26(39)25(38)22(15-34)45-28/h12,16,18,20-28,34,36-43H,6-11,13-15H2,1-5H3/t16-,18-,20+,21-,22+,23-,24?,25+,26-,27+,28+,30+,31+,32+,33+/m0/s1. The van der Waals surface area contributed by atoms with Gasteiger partial charge in [0, 0.05) is 11.3 Å². The van der Waals surface area contributed by atoms with Gasteiger partial charge in [-0.1, -0.05) is 13.8 Å².